The first-order chi connectivity index (χ1) is 19.9. The third-order valence-corrected chi connectivity index (χ3v) is 9.42. The molecule has 1 aliphatic heterocycles. The molecule has 0 spiro atoms. The SMILES string of the molecule is CCCCN(C)CC[C@@H](c1cc2c(cc1C=O)N(c1ncc(F)cc1F)Cc1c[nH]c3c(=O)n(C)cc-2c13)S(C)(=O)=O. The molecule has 0 amide bonds. The maximum absolute atomic E-state index is 15.2. The Morgan fingerprint density at radius 1 is 1.19 bits per heavy atom. The third kappa shape index (κ3) is 5.36. The molecular weight excluding hydrogens is 564 g/mol. The maximum Gasteiger partial charge on any atom is 0.274 e. The third-order valence-electron chi connectivity index (χ3n) is 7.90. The van der Waals surface area contributed by atoms with Crippen molar-refractivity contribution >= 4 is 38.5 Å². The van der Waals surface area contributed by atoms with Gasteiger partial charge in [0.15, 0.2) is 21.5 Å². The molecule has 4 heterocycles. The zero-order valence-electron chi connectivity index (χ0n) is 23.9. The number of halogens is 2. The zero-order chi connectivity index (χ0) is 30.3. The minimum absolute atomic E-state index is 0.0537. The quantitative estimate of drug-likeness (QED) is 0.260. The molecule has 0 unspecified atom stereocenters. The van der Waals surface area contributed by atoms with Crippen molar-refractivity contribution in [3.05, 3.63) is 75.5 Å². The van der Waals surface area contributed by atoms with Crippen LogP contribution >= 0.6 is 0 Å². The molecule has 1 aromatic carbocycles. The molecule has 0 saturated heterocycles. The largest absolute Gasteiger partial charge is 0.356 e. The lowest BCUT2D eigenvalue weighted by molar-refractivity contribution is 0.112. The van der Waals surface area contributed by atoms with Crippen LogP contribution in [0.4, 0.5) is 20.3 Å². The summed E-state index contributed by atoms with van der Waals surface area (Å²) >= 11 is 0. The van der Waals surface area contributed by atoms with E-state index in [0.29, 0.717) is 51.7 Å². The average molecular weight is 598 g/mol. The van der Waals surface area contributed by atoms with Gasteiger partial charge in [-0.25, -0.2) is 22.2 Å². The number of unbranched alkanes of at least 4 members (excludes halogenated alkanes) is 1. The molecule has 0 fully saturated rings. The molecule has 9 nitrogen and oxygen atoms in total. The second-order valence-electron chi connectivity index (χ2n) is 10.9. The first-order valence-corrected chi connectivity index (χ1v) is 15.7. The fourth-order valence-corrected chi connectivity index (χ4v) is 6.93. The Kier molecular flexibility index (Phi) is 8.04. The Balaban J connectivity index is 1.78. The van der Waals surface area contributed by atoms with Crippen molar-refractivity contribution in [3.63, 3.8) is 0 Å². The number of carbonyl (C=O) groups is 1. The Hall–Kier alpha value is -3.90. The second kappa shape index (κ2) is 11.4. The van der Waals surface area contributed by atoms with E-state index < -0.39 is 26.7 Å². The van der Waals surface area contributed by atoms with E-state index in [-0.39, 0.29) is 29.9 Å². The molecule has 1 N–H and O–H groups in total. The summed E-state index contributed by atoms with van der Waals surface area (Å²) in [7, 11) is -0.131. The Morgan fingerprint density at radius 3 is 2.62 bits per heavy atom. The Labute approximate surface area is 242 Å². The van der Waals surface area contributed by atoms with Crippen LogP contribution in [0.1, 0.15) is 52.9 Å². The van der Waals surface area contributed by atoms with Crippen molar-refractivity contribution in [2.24, 2.45) is 7.05 Å². The summed E-state index contributed by atoms with van der Waals surface area (Å²) in [4.78, 5) is 36.1. The van der Waals surface area contributed by atoms with E-state index in [1.165, 1.54) is 15.5 Å². The predicted molar refractivity (Wildman–Crippen MR) is 159 cm³/mol. The number of rotatable bonds is 10. The lowest BCUT2D eigenvalue weighted by atomic mass is 9.93. The molecule has 0 saturated carbocycles. The number of hydrogen-bond donors (Lipinski definition) is 1. The average Bonchev–Trinajstić information content (AvgIpc) is 3.30. The number of aromatic amines is 1. The summed E-state index contributed by atoms with van der Waals surface area (Å²) in [6.45, 7) is 3.45. The van der Waals surface area contributed by atoms with E-state index in [4.69, 9.17) is 0 Å². The van der Waals surface area contributed by atoms with Crippen molar-refractivity contribution in [1.29, 1.82) is 0 Å². The highest BCUT2D eigenvalue weighted by Gasteiger charge is 2.32. The van der Waals surface area contributed by atoms with Gasteiger partial charge in [0.25, 0.3) is 5.56 Å². The summed E-state index contributed by atoms with van der Waals surface area (Å²) in [5.74, 6) is -1.92. The lowest BCUT2D eigenvalue weighted by Gasteiger charge is -2.27. The number of fused-ring (bicyclic) bond motifs is 2. The van der Waals surface area contributed by atoms with Crippen LogP contribution in [0.5, 0.6) is 0 Å². The Bertz CT molecular complexity index is 1850. The summed E-state index contributed by atoms with van der Waals surface area (Å²) in [6.07, 6.45) is 8.21. The molecule has 5 rings (SSSR count). The Morgan fingerprint density at radius 2 is 1.95 bits per heavy atom. The molecule has 1 atom stereocenters. The van der Waals surface area contributed by atoms with E-state index in [1.807, 2.05) is 7.05 Å². The minimum atomic E-state index is -3.67. The van der Waals surface area contributed by atoms with Crippen LogP contribution in [0.25, 0.3) is 22.0 Å². The van der Waals surface area contributed by atoms with Gasteiger partial charge in [-0.1, -0.05) is 13.3 Å². The molecule has 0 aliphatic carbocycles. The van der Waals surface area contributed by atoms with Gasteiger partial charge >= 0.3 is 0 Å². The molecule has 42 heavy (non-hydrogen) atoms. The number of benzene rings is 1. The summed E-state index contributed by atoms with van der Waals surface area (Å²) in [5.41, 5.74) is 2.67. The molecule has 1 aliphatic rings. The number of nitrogens with one attached hydrogen (secondary N) is 1. The normalized spacial score (nSPS) is 13.8. The van der Waals surface area contributed by atoms with Gasteiger partial charge in [0.05, 0.1) is 23.7 Å². The van der Waals surface area contributed by atoms with E-state index in [2.05, 4.69) is 21.8 Å². The monoisotopic (exact) mass is 597 g/mol. The first-order valence-electron chi connectivity index (χ1n) is 13.7. The number of nitrogens with zero attached hydrogens (tertiary/aromatic N) is 4. The van der Waals surface area contributed by atoms with Crippen LogP contribution in [0.3, 0.4) is 0 Å². The van der Waals surface area contributed by atoms with Crippen LogP contribution in [0.2, 0.25) is 0 Å². The number of aryl methyl sites for hydroxylation is 1. The van der Waals surface area contributed by atoms with Crippen LogP contribution in [-0.4, -0.2) is 60.5 Å². The van der Waals surface area contributed by atoms with Crippen molar-refractivity contribution in [2.45, 2.75) is 38.0 Å². The number of hydrogen-bond acceptors (Lipinski definition) is 7. The molecule has 0 bridgehead atoms. The van der Waals surface area contributed by atoms with E-state index >= 15 is 4.39 Å². The van der Waals surface area contributed by atoms with Crippen molar-refractivity contribution < 1.29 is 22.0 Å². The van der Waals surface area contributed by atoms with Crippen LogP contribution in [0, 0.1) is 11.6 Å². The molecule has 4 aromatic rings. The van der Waals surface area contributed by atoms with Gasteiger partial charge in [-0.3, -0.25) is 9.59 Å². The van der Waals surface area contributed by atoms with Gasteiger partial charge < -0.3 is 19.4 Å². The summed E-state index contributed by atoms with van der Waals surface area (Å²) < 4.78 is 56.8. The fourth-order valence-electron chi connectivity index (χ4n) is 5.73. The fraction of sp³-hybridized carbons (Fsp3) is 0.367. The zero-order valence-corrected chi connectivity index (χ0v) is 24.8. The van der Waals surface area contributed by atoms with Crippen molar-refractivity contribution in [2.75, 3.05) is 31.3 Å². The van der Waals surface area contributed by atoms with Gasteiger partial charge in [0.1, 0.15) is 17.6 Å². The highest BCUT2D eigenvalue weighted by Crippen LogP contribution is 2.46. The van der Waals surface area contributed by atoms with Gasteiger partial charge in [0.2, 0.25) is 0 Å². The van der Waals surface area contributed by atoms with Crippen LogP contribution < -0.4 is 10.5 Å². The van der Waals surface area contributed by atoms with Gasteiger partial charge in [-0.2, -0.15) is 0 Å². The number of carbonyl (C=O) groups excluding carboxylic acids is 1. The van der Waals surface area contributed by atoms with Crippen molar-refractivity contribution in [3.8, 4) is 11.1 Å². The summed E-state index contributed by atoms with van der Waals surface area (Å²) in [5, 5.41) is -0.387. The topological polar surface area (TPSA) is 108 Å². The highest BCUT2D eigenvalue weighted by atomic mass is 32.2. The second-order valence-corrected chi connectivity index (χ2v) is 13.2. The van der Waals surface area contributed by atoms with Gasteiger partial charge in [0, 0.05) is 53.8 Å². The highest BCUT2D eigenvalue weighted by molar-refractivity contribution is 7.90. The van der Waals surface area contributed by atoms with E-state index in [9.17, 15) is 22.4 Å². The molecule has 12 heteroatoms. The summed E-state index contributed by atoms with van der Waals surface area (Å²) in [6, 6.07) is 3.92. The van der Waals surface area contributed by atoms with Crippen LogP contribution in [0.15, 0.2) is 41.6 Å². The number of anilines is 2. The molecular formula is C30H33F2N5O4S. The van der Waals surface area contributed by atoms with E-state index in [1.54, 1.807) is 25.5 Å². The smallest absolute Gasteiger partial charge is 0.274 e. The van der Waals surface area contributed by atoms with Gasteiger partial charge in [-0.15, -0.1) is 0 Å². The number of sulfone groups is 1. The minimum Gasteiger partial charge on any atom is -0.356 e. The van der Waals surface area contributed by atoms with Crippen LogP contribution in [-0.2, 0) is 23.4 Å². The maximum atomic E-state index is 15.2. The number of pyridine rings is 2. The predicted octanol–water partition coefficient (Wildman–Crippen LogP) is 4.88. The standard InChI is InChI=1S/C30H33F2N5O4S/c1-5-6-8-35(2)9-7-26(42(4,40)41)21-12-22-23-16-36(3)30(39)28-27(23)19(13-33-28)15-37(25(22)10-18(21)17-38)29-24(32)11-20(31)14-34-29/h10-14,16-17,26,33H,5-9,15H2,1-4H3/t26-/m0/s1. The first kappa shape index (κ1) is 29.6. The lowest BCUT2D eigenvalue weighted by Crippen LogP contribution is -2.25. The number of aldehydes is 1. The van der Waals surface area contributed by atoms with Crippen molar-refractivity contribution in [1.82, 2.24) is 19.4 Å². The van der Waals surface area contributed by atoms with Gasteiger partial charge in [-0.05, 0) is 56.2 Å². The molecule has 0 radical (unpaired) electrons. The molecule has 3 aromatic heterocycles. The number of aromatic nitrogens is 3. The number of H-pyrrole nitrogens is 1. The van der Waals surface area contributed by atoms with E-state index in [0.717, 1.165) is 37.9 Å². The molecule has 222 valence electrons.